The van der Waals surface area contributed by atoms with Crippen molar-refractivity contribution in [3.05, 3.63) is 89.5 Å². The van der Waals surface area contributed by atoms with E-state index in [2.05, 4.69) is 61.3 Å². The van der Waals surface area contributed by atoms with Gasteiger partial charge in [0.2, 0.25) is 0 Å². The Hall–Kier alpha value is -3.40. The highest BCUT2D eigenvalue weighted by Crippen LogP contribution is 2.46. The van der Waals surface area contributed by atoms with Gasteiger partial charge in [0.25, 0.3) is 0 Å². The fourth-order valence-electron chi connectivity index (χ4n) is 4.06. The van der Waals surface area contributed by atoms with Gasteiger partial charge in [0.1, 0.15) is 17.2 Å². The van der Waals surface area contributed by atoms with Crippen molar-refractivity contribution in [2.75, 3.05) is 33.3 Å². The number of fused-ring (bicyclic) bond motifs is 1. The van der Waals surface area contributed by atoms with E-state index in [1.165, 1.54) is 16.7 Å². The summed E-state index contributed by atoms with van der Waals surface area (Å²) in [7, 11) is 7.21. The van der Waals surface area contributed by atoms with Crippen molar-refractivity contribution in [3.63, 3.8) is 0 Å². The highest BCUT2D eigenvalue weighted by molar-refractivity contribution is 5.91. The average Bonchev–Trinajstić information content (AvgIpc) is 2.81. The summed E-state index contributed by atoms with van der Waals surface area (Å²) in [5.74, 6) is 2.54. The predicted octanol–water partition coefficient (Wildman–Crippen LogP) is 5.51. The molecule has 1 aliphatic rings. The van der Waals surface area contributed by atoms with E-state index >= 15 is 0 Å². The summed E-state index contributed by atoms with van der Waals surface area (Å²) < 4.78 is 16.2. The maximum atomic E-state index is 5.52. The van der Waals surface area contributed by atoms with Gasteiger partial charge >= 0.3 is 0 Å². The Morgan fingerprint density at radius 2 is 1.23 bits per heavy atom. The molecule has 1 atom stereocenters. The molecule has 0 spiro atoms. The van der Waals surface area contributed by atoms with E-state index < -0.39 is 0 Å². The number of ether oxygens (including phenoxy) is 3. The van der Waals surface area contributed by atoms with Crippen molar-refractivity contribution in [2.24, 2.45) is 0 Å². The summed E-state index contributed by atoms with van der Waals surface area (Å²) in [4.78, 5) is 2.31. The van der Waals surface area contributed by atoms with Crippen LogP contribution in [0.5, 0.6) is 17.2 Å². The third kappa shape index (κ3) is 3.28. The van der Waals surface area contributed by atoms with Gasteiger partial charge in [-0.05, 0) is 66.1 Å². The molecule has 0 amide bonds. The van der Waals surface area contributed by atoms with E-state index in [1.54, 1.807) is 21.3 Å². The van der Waals surface area contributed by atoms with Crippen LogP contribution in [-0.2, 0) is 5.54 Å². The number of rotatable bonds is 5. The number of anilines is 1. The zero-order valence-electron chi connectivity index (χ0n) is 18.1. The van der Waals surface area contributed by atoms with Crippen LogP contribution in [0.25, 0.3) is 5.57 Å². The van der Waals surface area contributed by atoms with Gasteiger partial charge in [-0.1, -0.05) is 24.3 Å². The standard InChI is InChI=1S/C26H27NO3/c1-26(19-8-12-21(29-4)13-9-19)17-24(18-6-10-20(28-3)11-7-18)23-15-14-22(30-5)16-25(23)27(26)2/h6-17H,1-5H3. The summed E-state index contributed by atoms with van der Waals surface area (Å²) in [6.07, 6.45) is 2.34. The molecule has 1 aliphatic heterocycles. The molecule has 3 aromatic carbocycles. The molecule has 0 N–H and O–H groups in total. The second-order valence-electron chi connectivity index (χ2n) is 7.60. The molecule has 30 heavy (non-hydrogen) atoms. The van der Waals surface area contributed by atoms with Crippen molar-refractivity contribution in [2.45, 2.75) is 12.5 Å². The predicted molar refractivity (Wildman–Crippen MR) is 122 cm³/mol. The molecule has 0 fully saturated rings. The van der Waals surface area contributed by atoms with Crippen molar-refractivity contribution in [3.8, 4) is 17.2 Å². The van der Waals surface area contributed by atoms with Crippen LogP contribution in [0.2, 0.25) is 0 Å². The largest absolute Gasteiger partial charge is 0.497 e. The maximum Gasteiger partial charge on any atom is 0.120 e. The Balaban J connectivity index is 1.91. The molecule has 1 heterocycles. The van der Waals surface area contributed by atoms with Gasteiger partial charge in [0, 0.05) is 24.4 Å². The number of hydrogen-bond donors (Lipinski definition) is 0. The van der Waals surface area contributed by atoms with Gasteiger partial charge in [-0.25, -0.2) is 0 Å². The molecule has 4 rings (SSSR count). The first-order valence-corrected chi connectivity index (χ1v) is 9.94. The fourth-order valence-corrected chi connectivity index (χ4v) is 4.06. The van der Waals surface area contributed by atoms with Crippen molar-refractivity contribution in [1.82, 2.24) is 0 Å². The van der Waals surface area contributed by atoms with E-state index in [4.69, 9.17) is 14.2 Å². The lowest BCUT2D eigenvalue weighted by Gasteiger charge is -2.44. The van der Waals surface area contributed by atoms with Crippen LogP contribution in [-0.4, -0.2) is 28.4 Å². The van der Waals surface area contributed by atoms with Crippen molar-refractivity contribution < 1.29 is 14.2 Å². The van der Waals surface area contributed by atoms with Crippen molar-refractivity contribution >= 4 is 11.3 Å². The number of benzene rings is 3. The average molecular weight is 402 g/mol. The van der Waals surface area contributed by atoms with E-state index in [0.29, 0.717) is 0 Å². The molecular weight excluding hydrogens is 374 g/mol. The molecular formula is C26H27NO3. The van der Waals surface area contributed by atoms with Crippen LogP contribution in [0, 0.1) is 0 Å². The quantitative estimate of drug-likeness (QED) is 0.564. The Morgan fingerprint density at radius 1 is 0.700 bits per heavy atom. The summed E-state index contributed by atoms with van der Waals surface area (Å²) >= 11 is 0. The van der Waals surface area contributed by atoms with Gasteiger partial charge in [-0.3, -0.25) is 0 Å². The van der Waals surface area contributed by atoms with Gasteiger partial charge in [-0.2, -0.15) is 0 Å². The van der Waals surface area contributed by atoms with Crippen LogP contribution in [0.4, 0.5) is 5.69 Å². The zero-order valence-corrected chi connectivity index (χ0v) is 18.1. The minimum atomic E-state index is -0.346. The molecule has 1 unspecified atom stereocenters. The summed E-state index contributed by atoms with van der Waals surface area (Å²) in [5.41, 5.74) is 5.48. The molecule has 0 saturated heterocycles. The van der Waals surface area contributed by atoms with E-state index in [1.807, 2.05) is 30.3 Å². The van der Waals surface area contributed by atoms with Crippen LogP contribution in [0.3, 0.4) is 0 Å². The Morgan fingerprint density at radius 3 is 1.80 bits per heavy atom. The topological polar surface area (TPSA) is 30.9 Å². The van der Waals surface area contributed by atoms with E-state index in [9.17, 15) is 0 Å². The molecule has 0 aliphatic carbocycles. The van der Waals surface area contributed by atoms with E-state index in [0.717, 1.165) is 28.5 Å². The lowest BCUT2D eigenvalue weighted by Crippen LogP contribution is -2.42. The molecule has 0 aromatic heterocycles. The third-order valence-corrected chi connectivity index (χ3v) is 6.05. The normalized spacial score (nSPS) is 17.8. The molecule has 0 bridgehead atoms. The van der Waals surface area contributed by atoms with Crippen LogP contribution >= 0.6 is 0 Å². The monoisotopic (exact) mass is 401 g/mol. The van der Waals surface area contributed by atoms with Crippen LogP contribution < -0.4 is 19.1 Å². The number of methoxy groups -OCH3 is 3. The molecule has 4 nitrogen and oxygen atoms in total. The first-order valence-electron chi connectivity index (χ1n) is 9.94. The zero-order chi connectivity index (χ0) is 21.3. The second kappa shape index (κ2) is 7.79. The third-order valence-electron chi connectivity index (χ3n) is 6.05. The maximum absolute atomic E-state index is 5.52. The van der Waals surface area contributed by atoms with E-state index in [-0.39, 0.29) is 5.54 Å². The van der Waals surface area contributed by atoms with Crippen LogP contribution in [0.15, 0.2) is 72.8 Å². The summed E-state index contributed by atoms with van der Waals surface area (Å²) in [6, 6.07) is 22.8. The fraction of sp³-hybridized carbons (Fsp3) is 0.231. The second-order valence-corrected chi connectivity index (χ2v) is 7.60. The summed E-state index contributed by atoms with van der Waals surface area (Å²) in [5, 5.41) is 0. The first-order chi connectivity index (χ1) is 14.5. The molecule has 154 valence electrons. The van der Waals surface area contributed by atoms with Gasteiger partial charge < -0.3 is 19.1 Å². The number of hydrogen-bond acceptors (Lipinski definition) is 4. The molecule has 0 saturated carbocycles. The Labute approximate surface area is 178 Å². The Bertz CT molecular complexity index is 1070. The highest BCUT2D eigenvalue weighted by Gasteiger charge is 2.36. The van der Waals surface area contributed by atoms with Gasteiger partial charge in [0.05, 0.1) is 26.9 Å². The molecule has 4 heteroatoms. The number of likely N-dealkylation sites (N-methyl/N-ethyl adjacent to an activating group) is 1. The minimum absolute atomic E-state index is 0.346. The number of nitrogens with zero attached hydrogens (tertiary/aromatic N) is 1. The minimum Gasteiger partial charge on any atom is -0.497 e. The Kier molecular flexibility index (Phi) is 5.17. The lowest BCUT2D eigenvalue weighted by molar-refractivity contribution is 0.413. The smallest absolute Gasteiger partial charge is 0.120 e. The SMILES string of the molecule is COc1ccc(C2=CC(C)(c3ccc(OC)cc3)N(C)c3cc(OC)ccc32)cc1. The first kappa shape index (κ1) is 19.9. The highest BCUT2D eigenvalue weighted by atomic mass is 16.5. The summed E-state index contributed by atoms with van der Waals surface area (Å²) in [6.45, 7) is 2.24. The van der Waals surface area contributed by atoms with Crippen molar-refractivity contribution in [1.29, 1.82) is 0 Å². The molecule has 0 radical (unpaired) electrons. The lowest BCUT2D eigenvalue weighted by atomic mass is 9.80. The van der Waals surface area contributed by atoms with Gasteiger partial charge in [0.15, 0.2) is 0 Å². The van der Waals surface area contributed by atoms with Crippen LogP contribution in [0.1, 0.15) is 23.6 Å². The van der Waals surface area contributed by atoms with Gasteiger partial charge in [-0.15, -0.1) is 0 Å². The molecule has 3 aromatic rings.